The summed E-state index contributed by atoms with van der Waals surface area (Å²) in [6.07, 6.45) is -12.1. The zero-order valence-corrected chi connectivity index (χ0v) is 11.4. The third-order valence-corrected chi connectivity index (χ3v) is 4.60. The normalized spacial score (nSPS) is 36.6. The maximum atomic E-state index is 13.0. The summed E-state index contributed by atoms with van der Waals surface area (Å²) in [5.41, 5.74) is -3.96. The number of hydrogen-bond donors (Lipinski definition) is 1. The van der Waals surface area contributed by atoms with E-state index in [1.165, 1.54) is 0 Å². The summed E-state index contributed by atoms with van der Waals surface area (Å²) in [6.45, 7) is 0.0474. The fourth-order valence-electron chi connectivity index (χ4n) is 3.05. The second kappa shape index (κ2) is 5.07. The molecule has 0 radical (unpaired) electrons. The molecule has 2 fully saturated rings. The van der Waals surface area contributed by atoms with E-state index in [1.807, 2.05) is 0 Å². The van der Waals surface area contributed by atoms with Crippen LogP contribution in [0.5, 0.6) is 0 Å². The van der Waals surface area contributed by atoms with E-state index in [2.05, 4.69) is 0 Å². The van der Waals surface area contributed by atoms with E-state index >= 15 is 0 Å². The Morgan fingerprint density at radius 3 is 2.05 bits per heavy atom. The first-order chi connectivity index (χ1) is 9.06. The first-order valence-corrected chi connectivity index (χ1v) is 6.76. The van der Waals surface area contributed by atoms with Gasteiger partial charge in [0.15, 0.2) is 0 Å². The fourth-order valence-corrected chi connectivity index (χ4v) is 3.66. The van der Waals surface area contributed by atoms with Crippen molar-refractivity contribution in [3.63, 3.8) is 0 Å². The van der Waals surface area contributed by atoms with E-state index in [1.54, 1.807) is 5.32 Å². The highest BCUT2D eigenvalue weighted by molar-refractivity contribution is 6.22. The van der Waals surface area contributed by atoms with Crippen LogP contribution in [0.15, 0.2) is 0 Å². The summed E-state index contributed by atoms with van der Waals surface area (Å²) < 4.78 is 83.3. The standard InChI is InChI=1S/C10H11Cl2F6NO/c11-1-2-20-5-3-4-6(12)7(5)19-8(4,9(13,14)15)10(16,17)18/h4-7,19H,1-3H2/t4-,5-,6-,7-/m1/s1. The van der Waals surface area contributed by atoms with Gasteiger partial charge in [-0.05, 0) is 6.42 Å². The van der Waals surface area contributed by atoms with Crippen LogP contribution in [0.25, 0.3) is 0 Å². The molecule has 10 heteroatoms. The molecule has 0 unspecified atom stereocenters. The van der Waals surface area contributed by atoms with Crippen LogP contribution in [0.1, 0.15) is 6.42 Å². The topological polar surface area (TPSA) is 21.3 Å². The van der Waals surface area contributed by atoms with Gasteiger partial charge in [0.1, 0.15) is 0 Å². The minimum Gasteiger partial charge on any atom is -0.375 e. The second-order valence-electron chi connectivity index (χ2n) is 4.86. The minimum absolute atomic E-state index is 0.0474. The Morgan fingerprint density at radius 1 is 1.15 bits per heavy atom. The molecule has 0 aromatic carbocycles. The molecule has 4 atom stereocenters. The van der Waals surface area contributed by atoms with Crippen LogP contribution < -0.4 is 5.32 Å². The lowest BCUT2D eigenvalue weighted by Crippen LogP contribution is -2.70. The number of alkyl halides is 8. The number of ether oxygens (including phenoxy) is 1. The van der Waals surface area contributed by atoms with Gasteiger partial charge in [-0.3, -0.25) is 5.32 Å². The molecule has 0 aromatic rings. The molecule has 1 aliphatic heterocycles. The monoisotopic (exact) mass is 345 g/mol. The molecular weight excluding hydrogens is 335 g/mol. The van der Waals surface area contributed by atoms with Crippen molar-refractivity contribution in [2.75, 3.05) is 12.5 Å². The van der Waals surface area contributed by atoms with Crippen LogP contribution in [-0.2, 0) is 4.74 Å². The van der Waals surface area contributed by atoms with Gasteiger partial charge in [0.05, 0.1) is 24.1 Å². The Hall–Kier alpha value is 0.0800. The number of nitrogens with one attached hydrogen (secondary N) is 1. The molecule has 1 saturated carbocycles. The van der Waals surface area contributed by atoms with Gasteiger partial charge in [0.25, 0.3) is 0 Å². The van der Waals surface area contributed by atoms with Crippen molar-refractivity contribution in [3.8, 4) is 0 Å². The molecule has 20 heavy (non-hydrogen) atoms. The minimum atomic E-state index is -5.48. The SMILES string of the molecule is FC(F)(F)C1(C(F)(F)F)N[C@H]2[C@H](Cl)[C@H]1C[C@H]2OCCCl. The van der Waals surface area contributed by atoms with Gasteiger partial charge in [-0.1, -0.05) is 0 Å². The number of fused-ring (bicyclic) bond motifs is 2. The summed E-state index contributed by atoms with van der Waals surface area (Å²) in [7, 11) is 0. The van der Waals surface area contributed by atoms with Gasteiger partial charge in [0.2, 0.25) is 5.54 Å². The van der Waals surface area contributed by atoms with E-state index in [4.69, 9.17) is 27.9 Å². The predicted octanol–water partition coefficient (Wildman–Crippen LogP) is 3.07. The van der Waals surface area contributed by atoms with Gasteiger partial charge in [-0.15, -0.1) is 23.2 Å². The number of piperidine rings is 1. The number of halogens is 8. The molecular formula is C10H11Cl2F6NO. The summed E-state index contributed by atoms with van der Waals surface area (Å²) >= 11 is 11.2. The smallest absolute Gasteiger partial charge is 0.375 e. The quantitative estimate of drug-likeness (QED) is 0.627. The molecule has 118 valence electrons. The van der Waals surface area contributed by atoms with Crippen LogP contribution in [0.4, 0.5) is 26.3 Å². The average molecular weight is 346 g/mol. The van der Waals surface area contributed by atoms with E-state index in [9.17, 15) is 26.3 Å². The predicted molar refractivity (Wildman–Crippen MR) is 60.0 cm³/mol. The molecule has 0 spiro atoms. The van der Waals surface area contributed by atoms with E-state index < -0.39 is 47.8 Å². The molecule has 0 amide bonds. The average Bonchev–Trinajstić information content (AvgIpc) is 2.75. The van der Waals surface area contributed by atoms with Crippen molar-refractivity contribution in [2.24, 2.45) is 5.92 Å². The van der Waals surface area contributed by atoms with Gasteiger partial charge in [-0.2, -0.15) is 26.3 Å². The zero-order valence-electron chi connectivity index (χ0n) is 9.86. The third-order valence-electron chi connectivity index (χ3n) is 3.87. The van der Waals surface area contributed by atoms with E-state index in [0.29, 0.717) is 0 Å². The Balaban J connectivity index is 2.29. The lowest BCUT2D eigenvalue weighted by molar-refractivity contribution is -0.321. The molecule has 1 aliphatic carbocycles. The maximum Gasteiger partial charge on any atom is 0.415 e. The number of hydrogen-bond acceptors (Lipinski definition) is 2. The van der Waals surface area contributed by atoms with Crippen molar-refractivity contribution in [3.05, 3.63) is 0 Å². The van der Waals surface area contributed by atoms with Crippen LogP contribution in [-0.4, -0.2) is 47.9 Å². The zero-order chi connectivity index (χ0) is 15.3. The first kappa shape index (κ1) is 16.5. The van der Waals surface area contributed by atoms with Crippen LogP contribution in [0.3, 0.4) is 0 Å². The van der Waals surface area contributed by atoms with Crippen molar-refractivity contribution in [2.45, 2.75) is 41.8 Å². The van der Waals surface area contributed by atoms with Gasteiger partial charge >= 0.3 is 12.4 Å². The number of rotatable bonds is 3. The second-order valence-corrected chi connectivity index (χ2v) is 5.74. The van der Waals surface area contributed by atoms with Gasteiger partial charge in [-0.25, -0.2) is 0 Å². The van der Waals surface area contributed by atoms with E-state index in [-0.39, 0.29) is 12.5 Å². The van der Waals surface area contributed by atoms with Crippen LogP contribution >= 0.6 is 23.2 Å². The largest absolute Gasteiger partial charge is 0.415 e. The highest BCUT2D eigenvalue weighted by Gasteiger charge is 2.81. The summed E-state index contributed by atoms with van der Waals surface area (Å²) in [4.78, 5) is 0. The Kier molecular flexibility index (Phi) is 4.17. The van der Waals surface area contributed by atoms with Crippen molar-refractivity contribution >= 4 is 23.2 Å². The molecule has 1 N–H and O–H groups in total. The van der Waals surface area contributed by atoms with Gasteiger partial charge < -0.3 is 4.74 Å². The summed E-state index contributed by atoms with van der Waals surface area (Å²) in [5, 5.41) is 0.350. The van der Waals surface area contributed by atoms with E-state index in [0.717, 1.165) is 0 Å². The highest BCUT2D eigenvalue weighted by atomic mass is 35.5. The molecule has 0 aromatic heterocycles. The van der Waals surface area contributed by atoms with Crippen LogP contribution in [0, 0.1) is 5.92 Å². The Morgan fingerprint density at radius 2 is 1.70 bits per heavy atom. The summed E-state index contributed by atoms with van der Waals surface area (Å²) in [5.74, 6) is -1.71. The molecule has 2 aliphatic rings. The van der Waals surface area contributed by atoms with Crippen molar-refractivity contribution in [1.82, 2.24) is 5.32 Å². The Labute approximate surface area is 120 Å². The van der Waals surface area contributed by atoms with Crippen molar-refractivity contribution in [1.29, 1.82) is 0 Å². The Bertz CT molecular complexity index is 360. The molecule has 1 saturated heterocycles. The van der Waals surface area contributed by atoms with Crippen LogP contribution in [0.2, 0.25) is 0 Å². The van der Waals surface area contributed by atoms with Gasteiger partial charge in [0, 0.05) is 11.8 Å². The third kappa shape index (κ3) is 2.19. The first-order valence-electron chi connectivity index (χ1n) is 5.79. The van der Waals surface area contributed by atoms with Crippen molar-refractivity contribution < 1.29 is 31.1 Å². The molecule has 2 bridgehead atoms. The highest BCUT2D eigenvalue weighted by Crippen LogP contribution is 2.58. The lowest BCUT2D eigenvalue weighted by atomic mass is 9.82. The summed E-state index contributed by atoms with van der Waals surface area (Å²) in [6, 6.07) is -1.20. The maximum absolute atomic E-state index is 13.0. The molecule has 1 heterocycles. The lowest BCUT2D eigenvalue weighted by Gasteiger charge is -2.42. The molecule has 2 nitrogen and oxygen atoms in total. The molecule has 2 rings (SSSR count). The fraction of sp³-hybridized carbons (Fsp3) is 1.00.